The van der Waals surface area contributed by atoms with E-state index >= 15 is 0 Å². The maximum atomic E-state index is 6.13. The van der Waals surface area contributed by atoms with Gasteiger partial charge in [0.2, 0.25) is 0 Å². The van der Waals surface area contributed by atoms with Crippen molar-refractivity contribution in [2.45, 2.75) is 26.7 Å². The molecule has 0 aliphatic rings. The van der Waals surface area contributed by atoms with Crippen LogP contribution in [0.3, 0.4) is 0 Å². The molecule has 0 aliphatic heterocycles. The van der Waals surface area contributed by atoms with E-state index in [1.54, 1.807) is 0 Å². The first-order valence-electron chi connectivity index (χ1n) is 5.92. The summed E-state index contributed by atoms with van der Waals surface area (Å²) >= 11 is 6.13. The van der Waals surface area contributed by atoms with Gasteiger partial charge in [-0.3, -0.25) is 0 Å². The van der Waals surface area contributed by atoms with Crippen LogP contribution in [-0.4, -0.2) is 9.97 Å². The average Bonchev–Trinajstić information content (AvgIpc) is 2.28. The standard InChI is InChI=1S/C14H16ClN3/c1-9(2)12-13(15)16-8-17-14(12)18-11-6-4-5-10(3)7-11/h4-9H,1-3H3,(H,16,17,18). The lowest BCUT2D eigenvalue weighted by molar-refractivity contribution is 0.850. The van der Waals surface area contributed by atoms with Gasteiger partial charge in [-0.05, 0) is 30.5 Å². The monoisotopic (exact) mass is 261 g/mol. The Balaban J connectivity index is 2.37. The van der Waals surface area contributed by atoms with E-state index in [1.807, 2.05) is 12.1 Å². The molecule has 0 fully saturated rings. The molecular weight excluding hydrogens is 246 g/mol. The van der Waals surface area contributed by atoms with Crippen LogP contribution < -0.4 is 5.32 Å². The first-order chi connectivity index (χ1) is 8.58. The Hall–Kier alpha value is -1.61. The lowest BCUT2D eigenvalue weighted by atomic mass is 10.1. The summed E-state index contributed by atoms with van der Waals surface area (Å²) < 4.78 is 0. The van der Waals surface area contributed by atoms with Crippen LogP contribution >= 0.6 is 11.6 Å². The second-order valence-corrected chi connectivity index (χ2v) is 4.93. The zero-order chi connectivity index (χ0) is 13.1. The highest BCUT2D eigenvalue weighted by molar-refractivity contribution is 6.30. The number of nitrogens with zero attached hydrogens (tertiary/aromatic N) is 2. The molecule has 2 aromatic rings. The van der Waals surface area contributed by atoms with Gasteiger partial charge in [-0.15, -0.1) is 0 Å². The Morgan fingerprint density at radius 2 is 2.00 bits per heavy atom. The van der Waals surface area contributed by atoms with Crippen molar-refractivity contribution in [1.29, 1.82) is 0 Å². The smallest absolute Gasteiger partial charge is 0.138 e. The summed E-state index contributed by atoms with van der Waals surface area (Å²) in [6, 6.07) is 8.14. The zero-order valence-electron chi connectivity index (χ0n) is 10.7. The summed E-state index contributed by atoms with van der Waals surface area (Å²) in [6.07, 6.45) is 1.48. The Labute approximate surface area is 112 Å². The lowest BCUT2D eigenvalue weighted by Crippen LogP contribution is -2.03. The van der Waals surface area contributed by atoms with Gasteiger partial charge in [0.05, 0.1) is 0 Å². The van der Waals surface area contributed by atoms with Crippen LogP contribution in [0.1, 0.15) is 30.9 Å². The highest BCUT2D eigenvalue weighted by Gasteiger charge is 2.13. The number of hydrogen-bond acceptors (Lipinski definition) is 3. The summed E-state index contributed by atoms with van der Waals surface area (Å²) in [5.74, 6) is 1.04. The van der Waals surface area contributed by atoms with E-state index in [-0.39, 0.29) is 5.92 Å². The Bertz CT molecular complexity index is 552. The third-order valence-corrected chi connectivity index (χ3v) is 2.99. The van der Waals surface area contributed by atoms with E-state index in [1.165, 1.54) is 11.9 Å². The highest BCUT2D eigenvalue weighted by Crippen LogP contribution is 2.29. The average molecular weight is 262 g/mol. The molecule has 1 N–H and O–H groups in total. The van der Waals surface area contributed by atoms with Crippen molar-refractivity contribution in [2.24, 2.45) is 0 Å². The fourth-order valence-corrected chi connectivity index (χ4v) is 2.20. The minimum Gasteiger partial charge on any atom is -0.340 e. The third kappa shape index (κ3) is 2.79. The molecule has 94 valence electrons. The first kappa shape index (κ1) is 12.8. The molecule has 4 heteroatoms. The van der Waals surface area contributed by atoms with Crippen molar-refractivity contribution < 1.29 is 0 Å². The van der Waals surface area contributed by atoms with Crippen LogP contribution in [0.2, 0.25) is 5.15 Å². The molecule has 0 unspecified atom stereocenters. The van der Waals surface area contributed by atoms with E-state index in [9.17, 15) is 0 Å². The largest absolute Gasteiger partial charge is 0.340 e. The Morgan fingerprint density at radius 1 is 1.22 bits per heavy atom. The molecule has 18 heavy (non-hydrogen) atoms. The zero-order valence-corrected chi connectivity index (χ0v) is 11.5. The van der Waals surface area contributed by atoms with Gasteiger partial charge < -0.3 is 5.32 Å². The SMILES string of the molecule is Cc1cccc(Nc2ncnc(Cl)c2C(C)C)c1. The van der Waals surface area contributed by atoms with Gasteiger partial charge in [0.15, 0.2) is 0 Å². The van der Waals surface area contributed by atoms with Crippen molar-refractivity contribution >= 4 is 23.1 Å². The van der Waals surface area contributed by atoms with Crippen LogP contribution in [0.15, 0.2) is 30.6 Å². The van der Waals surface area contributed by atoms with Gasteiger partial charge in [-0.1, -0.05) is 37.6 Å². The van der Waals surface area contributed by atoms with Gasteiger partial charge in [0.25, 0.3) is 0 Å². The number of nitrogens with one attached hydrogen (secondary N) is 1. The van der Waals surface area contributed by atoms with E-state index in [4.69, 9.17) is 11.6 Å². The fourth-order valence-electron chi connectivity index (χ4n) is 1.84. The summed E-state index contributed by atoms with van der Waals surface area (Å²) in [6.45, 7) is 6.21. The molecule has 2 rings (SSSR count). The molecule has 0 saturated heterocycles. The van der Waals surface area contributed by atoms with Gasteiger partial charge in [0.1, 0.15) is 17.3 Å². The van der Waals surface area contributed by atoms with Crippen LogP contribution in [0.5, 0.6) is 0 Å². The lowest BCUT2D eigenvalue weighted by Gasteiger charge is -2.14. The predicted octanol–water partition coefficient (Wildman–Crippen LogP) is 4.31. The number of rotatable bonds is 3. The quantitative estimate of drug-likeness (QED) is 0.837. The van der Waals surface area contributed by atoms with Crippen LogP contribution in [0.25, 0.3) is 0 Å². The Kier molecular flexibility index (Phi) is 3.82. The maximum Gasteiger partial charge on any atom is 0.138 e. The number of aromatic nitrogens is 2. The topological polar surface area (TPSA) is 37.8 Å². The van der Waals surface area contributed by atoms with Crippen LogP contribution in [0, 0.1) is 6.92 Å². The predicted molar refractivity (Wildman–Crippen MR) is 75.6 cm³/mol. The number of halogens is 1. The van der Waals surface area contributed by atoms with Crippen LogP contribution in [-0.2, 0) is 0 Å². The Morgan fingerprint density at radius 3 is 2.67 bits per heavy atom. The molecule has 3 nitrogen and oxygen atoms in total. The molecule has 0 bridgehead atoms. The molecule has 0 atom stereocenters. The molecule has 1 aromatic heterocycles. The van der Waals surface area contributed by atoms with E-state index < -0.39 is 0 Å². The van der Waals surface area contributed by atoms with E-state index in [0.29, 0.717) is 5.15 Å². The maximum absolute atomic E-state index is 6.13. The fraction of sp³-hybridized carbons (Fsp3) is 0.286. The van der Waals surface area contributed by atoms with Crippen molar-refractivity contribution in [3.63, 3.8) is 0 Å². The van der Waals surface area contributed by atoms with E-state index in [0.717, 1.165) is 17.1 Å². The van der Waals surface area contributed by atoms with Crippen molar-refractivity contribution in [1.82, 2.24) is 9.97 Å². The molecule has 0 spiro atoms. The molecule has 0 amide bonds. The van der Waals surface area contributed by atoms with Crippen molar-refractivity contribution in [3.8, 4) is 0 Å². The van der Waals surface area contributed by atoms with E-state index in [2.05, 4.69) is 48.2 Å². The molecule has 1 aromatic carbocycles. The van der Waals surface area contributed by atoms with Crippen molar-refractivity contribution in [3.05, 3.63) is 46.9 Å². The molecule has 0 saturated carbocycles. The molecule has 0 radical (unpaired) electrons. The normalized spacial score (nSPS) is 10.7. The second-order valence-electron chi connectivity index (χ2n) is 4.58. The number of aryl methyl sites for hydroxylation is 1. The molecule has 1 heterocycles. The number of hydrogen-bond donors (Lipinski definition) is 1. The molecule has 0 aliphatic carbocycles. The summed E-state index contributed by atoms with van der Waals surface area (Å²) in [7, 11) is 0. The minimum absolute atomic E-state index is 0.269. The van der Waals surface area contributed by atoms with Crippen LogP contribution in [0.4, 0.5) is 11.5 Å². The van der Waals surface area contributed by atoms with Gasteiger partial charge in [-0.2, -0.15) is 0 Å². The summed E-state index contributed by atoms with van der Waals surface area (Å²) in [4.78, 5) is 8.31. The highest BCUT2D eigenvalue weighted by atomic mass is 35.5. The second kappa shape index (κ2) is 5.36. The summed E-state index contributed by atoms with van der Waals surface area (Å²) in [5, 5.41) is 3.81. The third-order valence-electron chi connectivity index (χ3n) is 2.69. The first-order valence-corrected chi connectivity index (χ1v) is 6.30. The molecular formula is C14H16ClN3. The summed E-state index contributed by atoms with van der Waals surface area (Å²) in [5.41, 5.74) is 3.15. The number of benzene rings is 1. The van der Waals surface area contributed by atoms with Gasteiger partial charge in [0, 0.05) is 11.3 Å². The number of anilines is 2. The van der Waals surface area contributed by atoms with Gasteiger partial charge >= 0.3 is 0 Å². The minimum atomic E-state index is 0.269. The van der Waals surface area contributed by atoms with Gasteiger partial charge in [-0.25, -0.2) is 9.97 Å². The van der Waals surface area contributed by atoms with Crippen molar-refractivity contribution in [2.75, 3.05) is 5.32 Å².